The fourth-order valence-corrected chi connectivity index (χ4v) is 2.66. The first-order valence-corrected chi connectivity index (χ1v) is 7.98. The van der Waals surface area contributed by atoms with Crippen molar-refractivity contribution in [1.82, 2.24) is 9.97 Å². The predicted molar refractivity (Wildman–Crippen MR) is 93.1 cm³/mol. The van der Waals surface area contributed by atoms with Crippen molar-refractivity contribution in [2.75, 3.05) is 17.7 Å². The molecule has 1 aromatic carbocycles. The van der Waals surface area contributed by atoms with E-state index in [0.717, 1.165) is 28.1 Å². The van der Waals surface area contributed by atoms with Gasteiger partial charge in [0.1, 0.15) is 17.5 Å². The van der Waals surface area contributed by atoms with Gasteiger partial charge in [0.25, 0.3) is 0 Å². The lowest BCUT2D eigenvalue weighted by Gasteiger charge is -2.15. The molecule has 0 amide bonds. The molecule has 4 nitrogen and oxygen atoms in total. The van der Waals surface area contributed by atoms with E-state index in [2.05, 4.69) is 36.5 Å². The molecule has 0 spiro atoms. The SMILES string of the molecule is CCc1nc(NC)c(C)c(Nc2ccc(Br)c(Cl)c2Cl)n1. The number of benzene rings is 1. The molecule has 112 valence electrons. The van der Waals surface area contributed by atoms with Crippen LogP contribution < -0.4 is 10.6 Å². The Morgan fingerprint density at radius 1 is 1.14 bits per heavy atom. The molecule has 0 saturated heterocycles. The van der Waals surface area contributed by atoms with Gasteiger partial charge in [-0.25, -0.2) is 9.97 Å². The maximum Gasteiger partial charge on any atom is 0.139 e. The number of halogens is 3. The van der Waals surface area contributed by atoms with Crippen molar-refractivity contribution in [3.63, 3.8) is 0 Å². The summed E-state index contributed by atoms with van der Waals surface area (Å²) in [5.41, 5.74) is 1.63. The molecule has 0 aliphatic rings. The molecule has 0 fully saturated rings. The van der Waals surface area contributed by atoms with E-state index in [0.29, 0.717) is 21.6 Å². The highest BCUT2D eigenvalue weighted by atomic mass is 79.9. The Kier molecular flexibility index (Phi) is 5.30. The second-order valence-corrected chi connectivity index (χ2v) is 6.02. The number of rotatable bonds is 4. The molecule has 2 rings (SSSR count). The molecule has 1 heterocycles. The Hall–Kier alpha value is -1.04. The van der Waals surface area contributed by atoms with E-state index in [-0.39, 0.29) is 0 Å². The molecular weight excluding hydrogens is 375 g/mol. The Balaban J connectivity index is 2.46. The van der Waals surface area contributed by atoms with Crippen molar-refractivity contribution in [2.24, 2.45) is 0 Å². The van der Waals surface area contributed by atoms with E-state index in [9.17, 15) is 0 Å². The van der Waals surface area contributed by atoms with Gasteiger partial charge in [0.05, 0.1) is 15.7 Å². The third kappa shape index (κ3) is 3.42. The summed E-state index contributed by atoms with van der Waals surface area (Å²) in [6, 6.07) is 3.69. The van der Waals surface area contributed by atoms with E-state index >= 15 is 0 Å². The molecule has 1 aromatic heterocycles. The van der Waals surface area contributed by atoms with E-state index in [4.69, 9.17) is 23.2 Å². The molecule has 7 heteroatoms. The van der Waals surface area contributed by atoms with Crippen LogP contribution in [0.5, 0.6) is 0 Å². The van der Waals surface area contributed by atoms with Gasteiger partial charge in [0.2, 0.25) is 0 Å². The average Bonchev–Trinajstić information content (AvgIpc) is 2.49. The predicted octanol–water partition coefficient (Wildman–Crippen LogP) is 5.20. The summed E-state index contributed by atoms with van der Waals surface area (Å²) < 4.78 is 0.754. The van der Waals surface area contributed by atoms with Crippen LogP contribution in [0.4, 0.5) is 17.3 Å². The number of aromatic nitrogens is 2. The van der Waals surface area contributed by atoms with Crippen LogP contribution in [0.3, 0.4) is 0 Å². The maximum absolute atomic E-state index is 6.26. The van der Waals surface area contributed by atoms with E-state index in [1.54, 1.807) is 0 Å². The smallest absolute Gasteiger partial charge is 0.139 e. The molecule has 0 aliphatic heterocycles. The number of anilines is 3. The zero-order valence-corrected chi connectivity index (χ0v) is 15.0. The second kappa shape index (κ2) is 6.81. The van der Waals surface area contributed by atoms with Crippen LogP contribution in [0.15, 0.2) is 16.6 Å². The molecule has 2 aromatic rings. The van der Waals surface area contributed by atoms with E-state index < -0.39 is 0 Å². The average molecular weight is 390 g/mol. The van der Waals surface area contributed by atoms with Gasteiger partial charge in [-0.1, -0.05) is 30.1 Å². The summed E-state index contributed by atoms with van der Waals surface area (Å²) in [5, 5.41) is 7.23. The Labute approximate surface area is 142 Å². The number of aryl methyl sites for hydroxylation is 1. The first-order valence-electron chi connectivity index (χ1n) is 6.43. The molecule has 0 radical (unpaired) electrons. The van der Waals surface area contributed by atoms with Gasteiger partial charge in [-0.2, -0.15) is 0 Å². The quantitative estimate of drug-likeness (QED) is 0.705. The zero-order valence-electron chi connectivity index (χ0n) is 11.9. The van der Waals surface area contributed by atoms with Crippen molar-refractivity contribution in [3.05, 3.63) is 38.0 Å². The highest BCUT2D eigenvalue weighted by Crippen LogP contribution is 2.37. The molecule has 0 aliphatic carbocycles. The minimum absolute atomic E-state index is 0.452. The fourth-order valence-electron chi connectivity index (χ4n) is 1.84. The molecular formula is C14H15BrCl2N4. The van der Waals surface area contributed by atoms with Crippen LogP contribution >= 0.6 is 39.1 Å². The van der Waals surface area contributed by atoms with E-state index in [1.165, 1.54) is 0 Å². The standard InChI is InChI=1S/C14H15BrCl2N4/c1-4-10-20-13(18-3)7(2)14(21-10)19-9-6-5-8(15)11(16)12(9)17/h5-6H,4H2,1-3H3,(H2,18,19,20,21). The van der Waals surface area contributed by atoms with Crippen LogP contribution in [-0.2, 0) is 6.42 Å². The largest absolute Gasteiger partial charge is 0.373 e. The van der Waals surface area contributed by atoms with Crippen molar-refractivity contribution in [1.29, 1.82) is 0 Å². The van der Waals surface area contributed by atoms with Crippen molar-refractivity contribution in [3.8, 4) is 0 Å². The summed E-state index contributed by atoms with van der Waals surface area (Å²) in [6.07, 6.45) is 0.748. The first-order chi connectivity index (χ1) is 9.97. The fraction of sp³-hybridized carbons (Fsp3) is 0.286. The summed E-state index contributed by atoms with van der Waals surface area (Å²) in [7, 11) is 1.84. The van der Waals surface area contributed by atoms with Crippen LogP contribution in [-0.4, -0.2) is 17.0 Å². The monoisotopic (exact) mass is 388 g/mol. The van der Waals surface area contributed by atoms with Crippen molar-refractivity contribution >= 4 is 56.5 Å². The van der Waals surface area contributed by atoms with Gasteiger partial charge >= 0.3 is 0 Å². The molecule has 2 N–H and O–H groups in total. The minimum atomic E-state index is 0.452. The van der Waals surface area contributed by atoms with Crippen molar-refractivity contribution in [2.45, 2.75) is 20.3 Å². The van der Waals surface area contributed by atoms with Gasteiger partial charge in [-0.3, -0.25) is 0 Å². The van der Waals surface area contributed by atoms with Gasteiger partial charge in [-0.05, 0) is 35.0 Å². The van der Waals surface area contributed by atoms with E-state index in [1.807, 2.05) is 33.0 Å². The van der Waals surface area contributed by atoms with Crippen LogP contribution in [0.25, 0.3) is 0 Å². The number of hydrogen-bond donors (Lipinski definition) is 2. The van der Waals surface area contributed by atoms with Crippen LogP contribution in [0.2, 0.25) is 10.0 Å². The van der Waals surface area contributed by atoms with Crippen molar-refractivity contribution < 1.29 is 0 Å². The molecule has 0 atom stereocenters. The Bertz CT molecular complexity index is 677. The third-order valence-corrected chi connectivity index (χ3v) is 4.80. The zero-order chi connectivity index (χ0) is 15.6. The number of nitrogens with one attached hydrogen (secondary N) is 2. The second-order valence-electron chi connectivity index (χ2n) is 4.41. The van der Waals surface area contributed by atoms with Gasteiger partial charge in [0, 0.05) is 23.5 Å². The lowest BCUT2D eigenvalue weighted by atomic mass is 10.2. The molecule has 21 heavy (non-hydrogen) atoms. The molecule has 0 saturated carbocycles. The maximum atomic E-state index is 6.26. The summed E-state index contributed by atoms with van der Waals surface area (Å²) >= 11 is 15.8. The Morgan fingerprint density at radius 2 is 1.81 bits per heavy atom. The molecule has 0 unspecified atom stereocenters. The van der Waals surface area contributed by atoms with Crippen LogP contribution in [0, 0.1) is 6.92 Å². The minimum Gasteiger partial charge on any atom is -0.373 e. The topological polar surface area (TPSA) is 49.8 Å². The van der Waals surface area contributed by atoms with Crippen LogP contribution in [0.1, 0.15) is 18.3 Å². The normalized spacial score (nSPS) is 10.6. The third-order valence-electron chi connectivity index (χ3n) is 3.03. The lowest BCUT2D eigenvalue weighted by Crippen LogP contribution is -2.07. The number of nitrogens with zero attached hydrogens (tertiary/aromatic N) is 2. The Morgan fingerprint density at radius 3 is 2.43 bits per heavy atom. The lowest BCUT2D eigenvalue weighted by molar-refractivity contribution is 0.935. The number of hydrogen-bond acceptors (Lipinski definition) is 4. The summed E-state index contributed by atoms with van der Waals surface area (Å²) in [6.45, 7) is 3.96. The highest BCUT2D eigenvalue weighted by Gasteiger charge is 2.13. The molecule has 0 bridgehead atoms. The van der Waals surface area contributed by atoms with Gasteiger partial charge < -0.3 is 10.6 Å². The summed E-state index contributed by atoms with van der Waals surface area (Å²) in [4.78, 5) is 8.95. The first kappa shape index (κ1) is 16.3. The summed E-state index contributed by atoms with van der Waals surface area (Å²) in [5.74, 6) is 2.27. The highest BCUT2D eigenvalue weighted by molar-refractivity contribution is 9.10. The van der Waals surface area contributed by atoms with Gasteiger partial charge in [0.15, 0.2) is 0 Å². The van der Waals surface area contributed by atoms with Gasteiger partial charge in [-0.15, -0.1) is 0 Å².